The number of rotatable bonds is 6. The van der Waals surface area contributed by atoms with E-state index in [2.05, 4.69) is 20.8 Å². The molecule has 7 heteroatoms. The van der Waals surface area contributed by atoms with Crippen molar-refractivity contribution < 1.29 is 14.3 Å². The minimum absolute atomic E-state index is 0.210. The molecule has 7 nitrogen and oxygen atoms in total. The lowest BCUT2D eigenvalue weighted by Gasteiger charge is -2.11. The fourth-order valence-corrected chi connectivity index (χ4v) is 2.64. The molecule has 0 atom stereocenters. The number of methoxy groups -OCH3 is 2. The number of aromatic nitrogens is 2. The predicted octanol–water partition coefficient (Wildman–Crippen LogP) is 4.11. The highest BCUT2D eigenvalue weighted by Gasteiger charge is 2.11. The largest absolute Gasteiger partial charge is 0.493 e. The first kappa shape index (κ1) is 19.2. The number of ether oxygens (including phenoxy) is 2. The summed E-state index contributed by atoms with van der Waals surface area (Å²) in [5.41, 5.74) is 3.98. The normalized spacial score (nSPS) is 10.3. The molecule has 3 aromatic rings. The van der Waals surface area contributed by atoms with Crippen LogP contribution in [0.15, 0.2) is 48.5 Å². The van der Waals surface area contributed by atoms with Crippen molar-refractivity contribution in [2.24, 2.45) is 0 Å². The van der Waals surface area contributed by atoms with Gasteiger partial charge in [-0.05, 0) is 55.3 Å². The number of hydrogen-bond donors (Lipinski definition) is 2. The average molecular weight is 378 g/mol. The van der Waals surface area contributed by atoms with E-state index >= 15 is 0 Å². The van der Waals surface area contributed by atoms with Gasteiger partial charge in [-0.25, -0.2) is 0 Å². The molecule has 1 heterocycles. The van der Waals surface area contributed by atoms with E-state index in [1.807, 2.05) is 32.0 Å². The third-order valence-corrected chi connectivity index (χ3v) is 4.19. The van der Waals surface area contributed by atoms with Crippen molar-refractivity contribution in [2.45, 2.75) is 13.8 Å². The van der Waals surface area contributed by atoms with E-state index in [-0.39, 0.29) is 11.6 Å². The van der Waals surface area contributed by atoms with E-state index in [9.17, 15) is 4.79 Å². The minimum Gasteiger partial charge on any atom is -0.493 e. The molecule has 0 radical (unpaired) electrons. The number of carbonyl (C=O) groups excluding carboxylic acids is 1. The summed E-state index contributed by atoms with van der Waals surface area (Å²) >= 11 is 0. The molecule has 0 aliphatic carbocycles. The highest BCUT2D eigenvalue weighted by molar-refractivity contribution is 6.03. The molecule has 0 bridgehead atoms. The van der Waals surface area contributed by atoms with E-state index in [0.717, 1.165) is 16.8 Å². The predicted molar refractivity (Wildman–Crippen MR) is 109 cm³/mol. The first-order chi connectivity index (χ1) is 13.5. The van der Waals surface area contributed by atoms with Gasteiger partial charge in [0.05, 0.1) is 14.2 Å². The Labute approximate surface area is 163 Å². The van der Waals surface area contributed by atoms with Crippen molar-refractivity contribution in [3.63, 3.8) is 0 Å². The maximum atomic E-state index is 12.4. The Morgan fingerprint density at radius 1 is 0.893 bits per heavy atom. The van der Waals surface area contributed by atoms with Crippen LogP contribution in [0.5, 0.6) is 11.5 Å². The average Bonchev–Trinajstić information content (AvgIpc) is 2.71. The molecule has 28 heavy (non-hydrogen) atoms. The SMILES string of the molecule is COc1ccc(NC(=O)c2ccc(Nc3cc(C)ccc3C)nn2)cc1OC. The molecule has 0 spiro atoms. The lowest BCUT2D eigenvalue weighted by atomic mass is 10.1. The van der Waals surface area contributed by atoms with Gasteiger partial charge in [0.2, 0.25) is 0 Å². The van der Waals surface area contributed by atoms with Crippen LogP contribution in [-0.4, -0.2) is 30.3 Å². The monoisotopic (exact) mass is 378 g/mol. The van der Waals surface area contributed by atoms with Gasteiger partial charge in [0, 0.05) is 17.4 Å². The summed E-state index contributed by atoms with van der Waals surface area (Å²) in [6, 6.07) is 14.6. The van der Waals surface area contributed by atoms with Gasteiger partial charge in [-0.1, -0.05) is 12.1 Å². The zero-order valence-corrected chi connectivity index (χ0v) is 16.2. The maximum absolute atomic E-state index is 12.4. The fraction of sp³-hybridized carbons (Fsp3) is 0.190. The molecule has 0 saturated heterocycles. The summed E-state index contributed by atoms with van der Waals surface area (Å²) in [5.74, 6) is 1.32. The first-order valence-electron chi connectivity index (χ1n) is 8.71. The van der Waals surface area contributed by atoms with Gasteiger partial charge < -0.3 is 20.1 Å². The number of aryl methyl sites for hydroxylation is 2. The Balaban J connectivity index is 1.71. The van der Waals surface area contributed by atoms with Gasteiger partial charge in [-0.3, -0.25) is 4.79 Å². The third-order valence-electron chi connectivity index (χ3n) is 4.19. The van der Waals surface area contributed by atoms with Gasteiger partial charge in [0.25, 0.3) is 5.91 Å². The minimum atomic E-state index is -0.363. The van der Waals surface area contributed by atoms with Crippen LogP contribution in [0, 0.1) is 13.8 Å². The summed E-state index contributed by atoms with van der Waals surface area (Å²) in [4.78, 5) is 12.4. The van der Waals surface area contributed by atoms with Crippen LogP contribution in [0.2, 0.25) is 0 Å². The van der Waals surface area contributed by atoms with Gasteiger partial charge in [-0.15, -0.1) is 10.2 Å². The molecule has 3 rings (SSSR count). The molecule has 0 fully saturated rings. The fourth-order valence-electron chi connectivity index (χ4n) is 2.64. The topological polar surface area (TPSA) is 85.4 Å². The summed E-state index contributed by atoms with van der Waals surface area (Å²) in [5, 5.41) is 14.1. The number of nitrogens with one attached hydrogen (secondary N) is 2. The zero-order chi connectivity index (χ0) is 20.1. The molecule has 2 N–H and O–H groups in total. The Morgan fingerprint density at radius 2 is 1.68 bits per heavy atom. The van der Waals surface area contributed by atoms with Gasteiger partial charge in [0.1, 0.15) is 0 Å². The Morgan fingerprint density at radius 3 is 2.36 bits per heavy atom. The lowest BCUT2D eigenvalue weighted by Crippen LogP contribution is -2.14. The van der Waals surface area contributed by atoms with Crippen LogP contribution >= 0.6 is 0 Å². The van der Waals surface area contributed by atoms with E-state index in [4.69, 9.17) is 9.47 Å². The van der Waals surface area contributed by atoms with E-state index in [1.165, 1.54) is 7.11 Å². The second kappa shape index (κ2) is 8.39. The number of anilines is 3. The summed E-state index contributed by atoms with van der Waals surface area (Å²) < 4.78 is 10.4. The van der Waals surface area contributed by atoms with E-state index in [0.29, 0.717) is 23.0 Å². The summed E-state index contributed by atoms with van der Waals surface area (Å²) in [6.07, 6.45) is 0. The molecule has 2 aromatic carbocycles. The maximum Gasteiger partial charge on any atom is 0.276 e. The van der Waals surface area contributed by atoms with Crippen LogP contribution < -0.4 is 20.1 Å². The highest BCUT2D eigenvalue weighted by Crippen LogP contribution is 2.29. The van der Waals surface area contributed by atoms with Crippen LogP contribution in [0.4, 0.5) is 17.2 Å². The van der Waals surface area contributed by atoms with Crippen molar-refractivity contribution >= 4 is 23.1 Å². The molecule has 0 saturated carbocycles. The number of hydrogen-bond acceptors (Lipinski definition) is 6. The van der Waals surface area contributed by atoms with Crippen molar-refractivity contribution in [3.8, 4) is 11.5 Å². The Bertz CT molecular complexity index is 987. The van der Waals surface area contributed by atoms with Crippen LogP contribution in [0.25, 0.3) is 0 Å². The molecular formula is C21H22N4O3. The van der Waals surface area contributed by atoms with Gasteiger partial charge in [0.15, 0.2) is 23.0 Å². The lowest BCUT2D eigenvalue weighted by molar-refractivity contribution is 0.102. The van der Waals surface area contributed by atoms with Crippen molar-refractivity contribution in [1.82, 2.24) is 10.2 Å². The number of nitrogens with zero attached hydrogens (tertiary/aromatic N) is 2. The molecule has 1 aromatic heterocycles. The van der Waals surface area contributed by atoms with Crippen molar-refractivity contribution in [1.29, 1.82) is 0 Å². The molecular weight excluding hydrogens is 356 g/mol. The molecule has 0 aliphatic rings. The van der Waals surface area contributed by atoms with Crippen LogP contribution in [-0.2, 0) is 0 Å². The first-order valence-corrected chi connectivity index (χ1v) is 8.71. The molecule has 144 valence electrons. The van der Waals surface area contributed by atoms with E-state index < -0.39 is 0 Å². The summed E-state index contributed by atoms with van der Waals surface area (Å²) in [6.45, 7) is 4.04. The third kappa shape index (κ3) is 4.37. The van der Waals surface area contributed by atoms with Crippen LogP contribution in [0.1, 0.15) is 21.6 Å². The Hall–Kier alpha value is -3.61. The second-order valence-corrected chi connectivity index (χ2v) is 6.27. The number of carbonyl (C=O) groups is 1. The number of amides is 1. The molecule has 0 unspecified atom stereocenters. The van der Waals surface area contributed by atoms with Gasteiger partial charge >= 0.3 is 0 Å². The summed E-state index contributed by atoms with van der Waals surface area (Å²) in [7, 11) is 3.09. The van der Waals surface area contributed by atoms with E-state index in [1.54, 1.807) is 37.4 Å². The molecule has 1 amide bonds. The second-order valence-electron chi connectivity index (χ2n) is 6.27. The van der Waals surface area contributed by atoms with Crippen molar-refractivity contribution in [2.75, 3.05) is 24.9 Å². The zero-order valence-electron chi connectivity index (χ0n) is 16.2. The smallest absolute Gasteiger partial charge is 0.276 e. The number of benzene rings is 2. The van der Waals surface area contributed by atoms with Crippen LogP contribution in [0.3, 0.4) is 0 Å². The standard InChI is InChI=1S/C21H22N4O3/c1-13-5-6-14(2)17(11-13)23-20-10-8-16(24-25-20)21(26)22-15-7-9-18(27-3)19(12-15)28-4/h5-12H,1-4H3,(H,22,26)(H,23,25). The quantitative estimate of drug-likeness (QED) is 0.671. The highest BCUT2D eigenvalue weighted by atomic mass is 16.5. The van der Waals surface area contributed by atoms with Crippen molar-refractivity contribution in [3.05, 3.63) is 65.4 Å². The molecule has 0 aliphatic heterocycles. The Kier molecular flexibility index (Phi) is 5.74. The van der Waals surface area contributed by atoms with Gasteiger partial charge in [-0.2, -0.15) is 0 Å².